The quantitative estimate of drug-likeness (QED) is 0.0556. The van der Waals surface area contributed by atoms with Gasteiger partial charge >= 0.3 is 88.7 Å². The summed E-state index contributed by atoms with van der Waals surface area (Å²) in [6.07, 6.45) is 0. The molecule has 0 fully saturated rings. The minimum absolute atomic E-state index is 0. The predicted octanol–water partition coefficient (Wildman–Crippen LogP) is -7.75. The van der Waals surface area contributed by atoms with E-state index in [1.54, 1.807) is 0 Å². The van der Waals surface area contributed by atoms with Crippen LogP contribution in [-0.2, 0) is 29.0 Å². The molecule has 0 aliphatic carbocycles. The van der Waals surface area contributed by atoms with Gasteiger partial charge in [0.2, 0.25) is 0 Å². The normalized spacial score (nSPS) is 13.7. The van der Waals surface area contributed by atoms with Crippen LogP contribution in [-0.4, -0.2) is 44.5 Å². The Hall–Kier alpha value is -0.240. The summed E-state index contributed by atoms with van der Waals surface area (Å²) in [7, 11) is -14.0. The van der Waals surface area contributed by atoms with Crippen molar-refractivity contribution in [2.45, 2.75) is 16.7 Å². The van der Waals surface area contributed by atoms with E-state index < -0.39 is 62.4 Å². The van der Waals surface area contributed by atoms with Gasteiger partial charge in [-0.1, -0.05) is 11.8 Å². The number of benzene rings is 3. The Morgan fingerprint density at radius 2 is 1.55 bits per heavy atom. The van der Waals surface area contributed by atoms with Crippen LogP contribution >= 0.6 is 7.82 Å². The van der Waals surface area contributed by atoms with Crippen LogP contribution in [0.5, 0.6) is 5.75 Å². The number of fused-ring (bicyclic) bond motifs is 1. The Labute approximate surface area is 295 Å². The van der Waals surface area contributed by atoms with Crippen molar-refractivity contribution in [3.8, 4) is 5.75 Å². The van der Waals surface area contributed by atoms with Crippen LogP contribution in [0.15, 0.2) is 73.5 Å². The van der Waals surface area contributed by atoms with Crippen molar-refractivity contribution in [2.75, 3.05) is 12.4 Å². The molecular weight excluding hydrogens is 622 g/mol. The molecule has 0 aliphatic rings. The minimum Gasteiger partial charge on any atom is -0.871 e. The molecular formula is C20H17N3Na3O11PS2. The molecule has 0 saturated carbocycles. The molecule has 20 heteroatoms. The third-order valence-electron chi connectivity index (χ3n) is 4.65. The average molecular weight is 639 g/mol. The first-order valence-corrected chi connectivity index (χ1v) is 14.6. The van der Waals surface area contributed by atoms with E-state index in [4.69, 9.17) is 4.89 Å². The summed E-state index contributed by atoms with van der Waals surface area (Å²) in [6.45, 7) is 0.392. The first-order chi connectivity index (χ1) is 17.1. The van der Waals surface area contributed by atoms with Gasteiger partial charge in [-0.3, -0.25) is 14.1 Å². The average Bonchev–Trinajstić information content (AvgIpc) is 2.77. The molecule has 0 aliphatic heterocycles. The van der Waals surface area contributed by atoms with E-state index >= 15 is 0 Å². The molecule has 0 bridgehead atoms. The van der Waals surface area contributed by atoms with Crippen LogP contribution in [0.4, 0.5) is 17.1 Å². The Bertz CT molecular complexity index is 1680. The Kier molecular flexibility index (Phi) is 15.9. The second-order valence-corrected chi connectivity index (χ2v) is 12.1. The molecule has 1 atom stereocenters. The number of hydrogen-bond acceptors (Lipinski definition) is 12. The van der Waals surface area contributed by atoms with Crippen molar-refractivity contribution in [3.05, 3.63) is 48.5 Å². The van der Waals surface area contributed by atoms with Gasteiger partial charge in [0.15, 0.2) is 9.84 Å². The van der Waals surface area contributed by atoms with E-state index in [-0.39, 0.29) is 116 Å². The second kappa shape index (κ2) is 16.0. The number of azo groups is 1. The van der Waals surface area contributed by atoms with Crippen molar-refractivity contribution in [3.63, 3.8) is 0 Å². The summed E-state index contributed by atoms with van der Waals surface area (Å²) in [4.78, 5) is 21.8. The van der Waals surface area contributed by atoms with E-state index in [0.717, 1.165) is 18.2 Å². The first kappa shape index (κ1) is 39.8. The Balaban J connectivity index is 0.00000507. The number of nitrogens with zero attached hydrogens (tertiary/aromatic N) is 3. The molecule has 0 heterocycles. The molecule has 2 N–H and O–H groups in total. The maximum Gasteiger partial charge on any atom is 1.00 e. The fraction of sp³-hybridized carbons (Fsp3) is 0.150. The summed E-state index contributed by atoms with van der Waals surface area (Å²) in [5.74, 6) is -2.21. The van der Waals surface area contributed by atoms with Crippen molar-refractivity contribution >= 4 is 61.5 Å². The smallest absolute Gasteiger partial charge is 0.871 e. The molecule has 3 aromatic rings. The predicted molar refractivity (Wildman–Crippen MR) is 124 cm³/mol. The molecule has 0 saturated heterocycles. The molecule has 198 valence electrons. The topological polar surface area (TPSA) is 241 Å². The third-order valence-corrected chi connectivity index (χ3v) is 7.72. The number of hydrogen-bond donors (Lipinski definition) is 2. The summed E-state index contributed by atoms with van der Waals surface area (Å²) >= 11 is 0. The van der Waals surface area contributed by atoms with Crippen LogP contribution in [0.2, 0.25) is 0 Å². The van der Waals surface area contributed by atoms with Crippen molar-refractivity contribution < 1.29 is 139 Å². The monoisotopic (exact) mass is 639 g/mol. The number of phosphoric acid groups is 1. The van der Waals surface area contributed by atoms with Gasteiger partial charge < -0.3 is 24.5 Å². The van der Waals surface area contributed by atoms with Crippen LogP contribution in [0.1, 0.15) is 6.92 Å². The number of phosphoric ester groups is 1. The maximum absolute atomic E-state index is 13.0. The number of sulfone groups is 1. The first-order valence-electron chi connectivity index (χ1n) is 9.97. The SMILES string of the molecule is CC([O-])=Nc1ccc2cc(S(=O)(=O)O)c(N=Nc3ccc(S(=O)(=O)CCOP(=O)([O-])O)cc3)c([O-])c2c1.[Na+].[Na+].[Na+]. The molecule has 0 radical (unpaired) electrons. The van der Waals surface area contributed by atoms with Gasteiger partial charge in [-0.25, -0.2) is 8.42 Å². The summed E-state index contributed by atoms with van der Waals surface area (Å²) in [5, 5.41) is 31.8. The summed E-state index contributed by atoms with van der Waals surface area (Å²) in [6, 6.07) is 9.50. The van der Waals surface area contributed by atoms with Crippen LogP contribution in [0.25, 0.3) is 10.8 Å². The van der Waals surface area contributed by atoms with E-state index in [1.807, 2.05) is 0 Å². The number of aliphatic imine (C=N–C) groups is 1. The van der Waals surface area contributed by atoms with Gasteiger partial charge in [-0.2, -0.15) is 13.5 Å². The molecule has 14 nitrogen and oxygen atoms in total. The van der Waals surface area contributed by atoms with E-state index in [9.17, 15) is 41.1 Å². The largest absolute Gasteiger partial charge is 1.00 e. The molecule has 0 spiro atoms. The molecule has 1 unspecified atom stereocenters. The van der Waals surface area contributed by atoms with Gasteiger partial charge in [-0.15, -0.1) is 5.11 Å². The van der Waals surface area contributed by atoms with Crippen LogP contribution < -0.4 is 104 Å². The molecule has 3 aromatic carbocycles. The molecule has 40 heavy (non-hydrogen) atoms. The van der Waals surface area contributed by atoms with Crippen molar-refractivity contribution in [2.24, 2.45) is 15.2 Å². The standard InChI is InChI=1S/C20H20N3O11PS2.3Na/c1-12(24)21-15-3-2-13-10-18(37(31,32)33)19(20(25)17(13)11-15)23-22-14-4-6-16(7-5-14)36(29,30)9-8-34-35(26,27)28;;;/h2-7,10-11,25H,8-9H2,1H3,(H,21,24)(H2,26,27,28)(H,31,32,33);;;/q;3*+1/p-3. The van der Waals surface area contributed by atoms with E-state index in [0.29, 0.717) is 0 Å². The second-order valence-electron chi connectivity index (χ2n) is 7.38. The fourth-order valence-electron chi connectivity index (χ4n) is 3.07. The zero-order valence-corrected chi connectivity index (χ0v) is 30.2. The van der Waals surface area contributed by atoms with Gasteiger partial charge in [0.25, 0.3) is 17.9 Å². The van der Waals surface area contributed by atoms with Crippen molar-refractivity contribution in [1.29, 1.82) is 0 Å². The maximum atomic E-state index is 13.0. The van der Waals surface area contributed by atoms with Crippen LogP contribution in [0, 0.1) is 0 Å². The van der Waals surface area contributed by atoms with Gasteiger partial charge in [-0.05, 0) is 66.1 Å². The van der Waals surface area contributed by atoms with Gasteiger partial charge in [0.1, 0.15) is 4.90 Å². The Morgan fingerprint density at radius 1 is 0.975 bits per heavy atom. The van der Waals surface area contributed by atoms with E-state index in [1.165, 1.54) is 37.3 Å². The van der Waals surface area contributed by atoms with Crippen LogP contribution in [0.3, 0.4) is 0 Å². The zero-order chi connectivity index (χ0) is 27.6. The minimum atomic E-state index is -5.08. The molecule has 0 amide bonds. The van der Waals surface area contributed by atoms with Gasteiger partial charge in [0.05, 0.1) is 34.3 Å². The third kappa shape index (κ3) is 11.1. The van der Waals surface area contributed by atoms with Crippen molar-refractivity contribution in [1.82, 2.24) is 0 Å². The van der Waals surface area contributed by atoms with E-state index in [2.05, 4.69) is 19.7 Å². The number of rotatable bonds is 9. The fourth-order valence-corrected chi connectivity index (χ4v) is 5.26. The molecule has 3 rings (SSSR count). The molecule has 0 aromatic heterocycles. The van der Waals surface area contributed by atoms with Gasteiger partial charge in [0, 0.05) is 0 Å². The summed E-state index contributed by atoms with van der Waals surface area (Å²) in [5.41, 5.74) is -0.593. The Morgan fingerprint density at radius 3 is 2.08 bits per heavy atom. The zero-order valence-electron chi connectivity index (χ0n) is 21.7. The summed E-state index contributed by atoms with van der Waals surface area (Å²) < 4.78 is 72.5.